The van der Waals surface area contributed by atoms with Crippen molar-refractivity contribution in [2.75, 3.05) is 19.6 Å². The maximum absolute atomic E-state index is 4.47. The van der Waals surface area contributed by atoms with E-state index in [1.54, 1.807) is 0 Å². The fraction of sp³-hybridized carbons (Fsp3) is 0.500. The van der Waals surface area contributed by atoms with E-state index in [-0.39, 0.29) is 0 Å². The Morgan fingerprint density at radius 3 is 3.10 bits per heavy atom. The van der Waals surface area contributed by atoms with Gasteiger partial charge in [0.1, 0.15) is 0 Å². The summed E-state index contributed by atoms with van der Waals surface area (Å²) in [6.07, 6.45) is 5.71. The number of aromatic nitrogens is 1. The Labute approximate surface area is 127 Å². The molecule has 112 valence electrons. The van der Waals surface area contributed by atoms with Crippen molar-refractivity contribution >= 4 is 10.9 Å². The summed E-state index contributed by atoms with van der Waals surface area (Å²) in [5.74, 6) is 0. The molecule has 1 aliphatic heterocycles. The molecule has 1 atom stereocenters. The number of hydrogen-bond donors (Lipinski definition) is 1. The number of pyridine rings is 1. The molecule has 0 aliphatic carbocycles. The summed E-state index contributed by atoms with van der Waals surface area (Å²) < 4.78 is 0. The average molecular weight is 283 g/mol. The van der Waals surface area contributed by atoms with Gasteiger partial charge >= 0.3 is 0 Å². The van der Waals surface area contributed by atoms with Gasteiger partial charge in [-0.1, -0.05) is 31.5 Å². The minimum absolute atomic E-state index is 0.644. The van der Waals surface area contributed by atoms with Gasteiger partial charge in [-0.05, 0) is 43.6 Å². The Balaban J connectivity index is 1.77. The highest BCUT2D eigenvalue weighted by atomic mass is 15.2. The Kier molecular flexibility index (Phi) is 4.84. The lowest BCUT2D eigenvalue weighted by molar-refractivity contribution is 0.255. The van der Waals surface area contributed by atoms with E-state index in [1.807, 2.05) is 6.20 Å². The highest BCUT2D eigenvalue weighted by Gasteiger charge is 2.17. The van der Waals surface area contributed by atoms with E-state index in [2.05, 4.69) is 52.5 Å². The molecule has 1 aromatic heterocycles. The summed E-state index contributed by atoms with van der Waals surface area (Å²) in [5.41, 5.74) is 2.51. The van der Waals surface area contributed by atoms with Gasteiger partial charge < -0.3 is 5.32 Å². The average Bonchev–Trinajstić information content (AvgIpc) is 2.73. The first-order valence-electron chi connectivity index (χ1n) is 8.15. The van der Waals surface area contributed by atoms with Crippen LogP contribution >= 0.6 is 0 Å². The maximum Gasteiger partial charge on any atom is 0.0705 e. The summed E-state index contributed by atoms with van der Waals surface area (Å²) in [6.45, 7) is 6.80. The lowest BCUT2D eigenvalue weighted by atomic mass is 10.1. The van der Waals surface area contributed by atoms with Gasteiger partial charge in [0.15, 0.2) is 0 Å². The second-order valence-electron chi connectivity index (χ2n) is 6.02. The van der Waals surface area contributed by atoms with Gasteiger partial charge in [-0.25, -0.2) is 0 Å². The molecule has 0 spiro atoms. The molecule has 1 unspecified atom stereocenters. The molecule has 0 radical (unpaired) electrons. The lowest BCUT2D eigenvalue weighted by Crippen LogP contribution is -2.37. The molecule has 1 aliphatic rings. The van der Waals surface area contributed by atoms with E-state index in [0.29, 0.717) is 6.04 Å². The SMILES string of the molecule is CCCC1CN(Cc2ccnc3ccccc23)CCCN1. The van der Waals surface area contributed by atoms with E-state index in [0.717, 1.165) is 25.2 Å². The topological polar surface area (TPSA) is 28.2 Å². The van der Waals surface area contributed by atoms with Crippen molar-refractivity contribution in [2.24, 2.45) is 0 Å². The fourth-order valence-corrected chi connectivity index (χ4v) is 3.30. The first-order chi connectivity index (χ1) is 10.4. The summed E-state index contributed by atoms with van der Waals surface area (Å²) >= 11 is 0. The summed E-state index contributed by atoms with van der Waals surface area (Å²) in [5, 5.41) is 4.98. The molecule has 0 saturated carbocycles. The molecule has 3 rings (SSSR count). The Bertz CT molecular complexity index is 576. The van der Waals surface area contributed by atoms with Crippen molar-refractivity contribution in [3.05, 3.63) is 42.1 Å². The Hall–Kier alpha value is -1.45. The molecule has 3 nitrogen and oxygen atoms in total. The van der Waals surface area contributed by atoms with Gasteiger partial charge in [0.25, 0.3) is 0 Å². The Morgan fingerprint density at radius 2 is 2.19 bits per heavy atom. The molecule has 1 N–H and O–H groups in total. The molecular formula is C18H25N3. The number of fused-ring (bicyclic) bond motifs is 1. The second-order valence-corrected chi connectivity index (χ2v) is 6.02. The predicted octanol–water partition coefficient (Wildman–Crippen LogP) is 3.20. The molecule has 1 aromatic carbocycles. The molecule has 3 heteroatoms. The van der Waals surface area contributed by atoms with E-state index in [4.69, 9.17) is 0 Å². The quantitative estimate of drug-likeness (QED) is 0.934. The molecule has 2 heterocycles. The first kappa shape index (κ1) is 14.5. The molecular weight excluding hydrogens is 258 g/mol. The van der Waals surface area contributed by atoms with Crippen LogP contribution < -0.4 is 5.32 Å². The Morgan fingerprint density at radius 1 is 1.29 bits per heavy atom. The van der Waals surface area contributed by atoms with Gasteiger partial charge in [-0.2, -0.15) is 0 Å². The van der Waals surface area contributed by atoms with E-state index in [1.165, 1.54) is 36.8 Å². The van der Waals surface area contributed by atoms with Crippen LogP contribution in [0.4, 0.5) is 0 Å². The smallest absolute Gasteiger partial charge is 0.0705 e. The first-order valence-corrected chi connectivity index (χ1v) is 8.15. The monoisotopic (exact) mass is 283 g/mol. The highest BCUT2D eigenvalue weighted by Crippen LogP contribution is 2.19. The van der Waals surface area contributed by atoms with E-state index < -0.39 is 0 Å². The lowest BCUT2D eigenvalue weighted by Gasteiger charge is -2.24. The zero-order valence-corrected chi connectivity index (χ0v) is 12.9. The van der Waals surface area contributed by atoms with E-state index in [9.17, 15) is 0 Å². The summed E-state index contributed by atoms with van der Waals surface area (Å²) in [7, 11) is 0. The van der Waals surface area contributed by atoms with Crippen molar-refractivity contribution in [1.82, 2.24) is 15.2 Å². The van der Waals surface area contributed by atoms with Gasteiger partial charge in [-0.3, -0.25) is 9.88 Å². The predicted molar refractivity (Wildman–Crippen MR) is 88.3 cm³/mol. The molecule has 0 bridgehead atoms. The standard InChI is InChI=1S/C18H25N3/c1-2-6-16-14-21(12-5-10-19-16)13-15-9-11-20-18-8-4-3-7-17(15)18/h3-4,7-9,11,16,19H,2,5-6,10,12-14H2,1H3. The normalized spacial score (nSPS) is 20.5. The molecule has 21 heavy (non-hydrogen) atoms. The van der Waals surface area contributed by atoms with Gasteiger partial charge in [0.2, 0.25) is 0 Å². The minimum atomic E-state index is 0.644. The van der Waals surface area contributed by atoms with Crippen molar-refractivity contribution in [3.8, 4) is 0 Å². The zero-order chi connectivity index (χ0) is 14.5. The van der Waals surface area contributed by atoms with Crippen LogP contribution in [0.2, 0.25) is 0 Å². The molecule has 1 saturated heterocycles. The van der Waals surface area contributed by atoms with Crippen LogP contribution in [-0.4, -0.2) is 35.6 Å². The molecule has 2 aromatic rings. The van der Waals surface area contributed by atoms with Crippen molar-refractivity contribution in [3.63, 3.8) is 0 Å². The highest BCUT2D eigenvalue weighted by molar-refractivity contribution is 5.81. The number of rotatable bonds is 4. The summed E-state index contributed by atoms with van der Waals surface area (Å²) in [4.78, 5) is 7.07. The number of nitrogens with zero attached hydrogens (tertiary/aromatic N) is 2. The van der Waals surface area contributed by atoms with Crippen LogP contribution in [0.3, 0.4) is 0 Å². The molecule has 0 amide bonds. The van der Waals surface area contributed by atoms with Gasteiger partial charge in [0, 0.05) is 30.7 Å². The van der Waals surface area contributed by atoms with Crippen molar-refractivity contribution < 1.29 is 0 Å². The van der Waals surface area contributed by atoms with Crippen LogP contribution in [0.25, 0.3) is 10.9 Å². The third kappa shape index (κ3) is 3.60. The zero-order valence-electron chi connectivity index (χ0n) is 12.9. The van der Waals surface area contributed by atoms with Gasteiger partial charge in [-0.15, -0.1) is 0 Å². The third-order valence-corrected chi connectivity index (χ3v) is 4.33. The minimum Gasteiger partial charge on any atom is -0.313 e. The van der Waals surface area contributed by atoms with Gasteiger partial charge in [0.05, 0.1) is 5.52 Å². The summed E-state index contributed by atoms with van der Waals surface area (Å²) in [6, 6.07) is 11.3. The van der Waals surface area contributed by atoms with Crippen LogP contribution in [0.15, 0.2) is 36.5 Å². The molecule has 1 fully saturated rings. The van der Waals surface area contributed by atoms with Crippen molar-refractivity contribution in [2.45, 2.75) is 38.8 Å². The third-order valence-electron chi connectivity index (χ3n) is 4.33. The maximum atomic E-state index is 4.47. The number of benzene rings is 1. The number of hydrogen-bond acceptors (Lipinski definition) is 3. The van der Waals surface area contributed by atoms with Crippen LogP contribution in [-0.2, 0) is 6.54 Å². The number of nitrogens with one attached hydrogen (secondary N) is 1. The largest absolute Gasteiger partial charge is 0.313 e. The number of para-hydroxylation sites is 1. The van der Waals surface area contributed by atoms with Crippen LogP contribution in [0.1, 0.15) is 31.7 Å². The van der Waals surface area contributed by atoms with Crippen LogP contribution in [0.5, 0.6) is 0 Å². The van der Waals surface area contributed by atoms with Crippen LogP contribution in [0, 0.1) is 0 Å². The fourth-order valence-electron chi connectivity index (χ4n) is 3.30. The van der Waals surface area contributed by atoms with Crippen molar-refractivity contribution in [1.29, 1.82) is 0 Å². The van der Waals surface area contributed by atoms with E-state index >= 15 is 0 Å². The second kappa shape index (κ2) is 7.01.